The Morgan fingerprint density at radius 3 is 2.95 bits per heavy atom. The van der Waals surface area contributed by atoms with Gasteiger partial charge in [0.2, 0.25) is 0 Å². The molecule has 0 radical (unpaired) electrons. The van der Waals surface area contributed by atoms with Gasteiger partial charge in [-0.3, -0.25) is 0 Å². The third kappa shape index (κ3) is 3.70. The molecular weight excluding hydrogens is 308 g/mol. The summed E-state index contributed by atoms with van der Waals surface area (Å²) in [7, 11) is 2.16. The lowest BCUT2D eigenvalue weighted by Crippen LogP contribution is -2.40. The van der Waals surface area contributed by atoms with Gasteiger partial charge in [-0.1, -0.05) is 6.42 Å². The van der Waals surface area contributed by atoms with E-state index >= 15 is 0 Å². The van der Waals surface area contributed by atoms with Crippen LogP contribution in [-0.4, -0.2) is 42.2 Å². The molecular formula is C14H19BrN2O2. The van der Waals surface area contributed by atoms with Gasteiger partial charge in [0.1, 0.15) is 0 Å². The van der Waals surface area contributed by atoms with E-state index in [2.05, 4.69) is 33.2 Å². The van der Waals surface area contributed by atoms with Crippen LogP contribution in [0.25, 0.3) is 0 Å². The van der Waals surface area contributed by atoms with E-state index in [1.807, 2.05) is 12.1 Å². The molecule has 1 aliphatic rings. The van der Waals surface area contributed by atoms with Crippen molar-refractivity contribution in [3.63, 3.8) is 0 Å². The molecule has 2 rings (SSSR count). The van der Waals surface area contributed by atoms with Gasteiger partial charge in [-0.15, -0.1) is 0 Å². The number of benzene rings is 1. The summed E-state index contributed by atoms with van der Waals surface area (Å²) in [6, 6.07) is 5.83. The number of hydrogen-bond acceptors (Lipinski definition) is 3. The molecule has 0 amide bonds. The van der Waals surface area contributed by atoms with Crippen molar-refractivity contribution < 1.29 is 9.90 Å². The lowest BCUT2D eigenvalue weighted by atomic mass is 10.0. The van der Waals surface area contributed by atoms with Gasteiger partial charge in [0.05, 0.1) is 5.56 Å². The van der Waals surface area contributed by atoms with Crippen LogP contribution >= 0.6 is 15.9 Å². The third-order valence-corrected chi connectivity index (χ3v) is 4.32. The van der Waals surface area contributed by atoms with E-state index in [0.717, 1.165) is 18.8 Å². The summed E-state index contributed by atoms with van der Waals surface area (Å²) in [6.45, 7) is 2.06. The number of nitrogens with zero attached hydrogens (tertiary/aromatic N) is 1. The summed E-state index contributed by atoms with van der Waals surface area (Å²) in [4.78, 5) is 13.3. The average Bonchev–Trinajstić information content (AvgIpc) is 2.37. The SMILES string of the molecule is CN1CCCCC1CNc1ccc(C(=O)O)c(Br)c1. The zero-order valence-corrected chi connectivity index (χ0v) is 12.6. The third-order valence-electron chi connectivity index (χ3n) is 3.66. The number of hydrogen-bond donors (Lipinski definition) is 2. The highest BCUT2D eigenvalue weighted by Crippen LogP contribution is 2.22. The van der Waals surface area contributed by atoms with E-state index in [-0.39, 0.29) is 0 Å². The molecule has 0 saturated carbocycles. The zero-order chi connectivity index (χ0) is 13.8. The fourth-order valence-electron chi connectivity index (χ4n) is 2.44. The van der Waals surface area contributed by atoms with Gasteiger partial charge in [-0.05, 0) is 60.6 Å². The smallest absolute Gasteiger partial charge is 0.336 e. The number of nitrogens with one attached hydrogen (secondary N) is 1. The molecule has 1 heterocycles. The predicted molar refractivity (Wildman–Crippen MR) is 79.9 cm³/mol. The largest absolute Gasteiger partial charge is 0.478 e. The Hall–Kier alpha value is -1.07. The van der Waals surface area contributed by atoms with Crippen molar-refractivity contribution in [2.45, 2.75) is 25.3 Å². The van der Waals surface area contributed by atoms with Crippen LogP contribution in [0.5, 0.6) is 0 Å². The molecule has 5 heteroatoms. The quantitative estimate of drug-likeness (QED) is 0.892. The molecule has 0 aliphatic carbocycles. The molecule has 1 unspecified atom stereocenters. The number of likely N-dealkylation sites (N-methyl/N-ethyl adjacent to an activating group) is 1. The molecule has 104 valence electrons. The van der Waals surface area contributed by atoms with Gasteiger partial charge in [0.25, 0.3) is 0 Å². The first-order chi connectivity index (χ1) is 9.08. The van der Waals surface area contributed by atoms with E-state index in [1.54, 1.807) is 6.07 Å². The molecule has 1 aliphatic heterocycles. The number of likely N-dealkylation sites (tertiary alicyclic amines) is 1. The zero-order valence-electron chi connectivity index (χ0n) is 11.0. The fraction of sp³-hybridized carbons (Fsp3) is 0.500. The average molecular weight is 327 g/mol. The Morgan fingerprint density at radius 1 is 1.53 bits per heavy atom. The molecule has 0 bridgehead atoms. The summed E-state index contributed by atoms with van der Waals surface area (Å²) in [6.07, 6.45) is 3.79. The fourth-order valence-corrected chi connectivity index (χ4v) is 2.98. The predicted octanol–water partition coefficient (Wildman–Crippen LogP) is 3.04. The van der Waals surface area contributed by atoms with Crippen LogP contribution in [0.15, 0.2) is 22.7 Å². The van der Waals surface area contributed by atoms with Crippen molar-refractivity contribution in [3.05, 3.63) is 28.2 Å². The van der Waals surface area contributed by atoms with Crippen molar-refractivity contribution >= 4 is 27.6 Å². The lowest BCUT2D eigenvalue weighted by molar-refractivity contribution is 0.0696. The normalized spacial score (nSPS) is 20.2. The number of carbonyl (C=O) groups is 1. The Kier molecular flexibility index (Phi) is 4.82. The molecule has 1 atom stereocenters. The highest BCUT2D eigenvalue weighted by molar-refractivity contribution is 9.10. The number of carboxylic acid groups (broad SMARTS) is 1. The number of aromatic carboxylic acids is 1. The van der Waals surface area contributed by atoms with Crippen LogP contribution < -0.4 is 5.32 Å². The Labute approximate surface area is 121 Å². The Bertz CT molecular complexity index is 465. The number of halogens is 1. The molecule has 1 saturated heterocycles. The molecule has 1 fully saturated rings. The molecule has 1 aromatic carbocycles. The van der Waals surface area contributed by atoms with Gasteiger partial charge in [-0.2, -0.15) is 0 Å². The maximum atomic E-state index is 10.9. The summed E-state index contributed by atoms with van der Waals surface area (Å²) in [5.41, 5.74) is 1.25. The van der Waals surface area contributed by atoms with Crippen molar-refractivity contribution in [2.24, 2.45) is 0 Å². The minimum Gasteiger partial charge on any atom is -0.478 e. The van der Waals surface area contributed by atoms with E-state index in [9.17, 15) is 4.79 Å². The minimum atomic E-state index is -0.912. The van der Waals surface area contributed by atoms with Crippen molar-refractivity contribution in [1.82, 2.24) is 4.90 Å². The maximum absolute atomic E-state index is 10.9. The van der Waals surface area contributed by atoms with Crippen LogP contribution in [0.1, 0.15) is 29.6 Å². The molecule has 1 aromatic rings. The minimum absolute atomic E-state index is 0.292. The van der Waals surface area contributed by atoms with Crippen molar-refractivity contribution in [2.75, 3.05) is 25.5 Å². The van der Waals surface area contributed by atoms with Crippen LogP contribution in [0.2, 0.25) is 0 Å². The van der Waals surface area contributed by atoms with Gasteiger partial charge in [0, 0.05) is 22.7 Å². The number of carboxylic acids is 1. The van der Waals surface area contributed by atoms with E-state index in [0.29, 0.717) is 16.1 Å². The summed E-state index contributed by atoms with van der Waals surface area (Å²) < 4.78 is 0.613. The lowest BCUT2D eigenvalue weighted by Gasteiger charge is -2.32. The van der Waals surface area contributed by atoms with Crippen molar-refractivity contribution in [1.29, 1.82) is 0 Å². The second kappa shape index (κ2) is 6.39. The topological polar surface area (TPSA) is 52.6 Å². The second-order valence-electron chi connectivity index (χ2n) is 5.01. The van der Waals surface area contributed by atoms with E-state index < -0.39 is 5.97 Å². The number of rotatable bonds is 4. The first-order valence-electron chi connectivity index (χ1n) is 6.55. The molecule has 0 spiro atoms. The maximum Gasteiger partial charge on any atom is 0.336 e. The summed E-state index contributed by atoms with van der Waals surface area (Å²) in [5, 5.41) is 12.4. The summed E-state index contributed by atoms with van der Waals surface area (Å²) in [5.74, 6) is -0.912. The van der Waals surface area contributed by atoms with Gasteiger partial charge >= 0.3 is 5.97 Å². The highest BCUT2D eigenvalue weighted by atomic mass is 79.9. The van der Waals surface area contributed by atoms with Crippen molar-refractivity contribution in [3.8, 4) is 0 Å². The Balaban J connectivity index is 1.96. The highest BCUT2D eigenvalue weighted by Gasteiger charge is 2.18. The molecule has 4 nitrogen and oxygen atoms in total. The molecule has 19 heavy (non-hydrogen) atoms. The van der Waals surface area contributed by atoms with Gasteiger partial charge in [0.15, 0.2) is 0 Å². The van der Waals surface area contributed by atoms with Crippen LogP contribution in [0.3, 0.4) is 0 Å². The van der Waals surface area contributed by atoms with Gasteiger partial charge in [-0.25, -0.2) is 4.79 Å². The first-order valence-corrected chi connectivity index (χ1v) is 7.34. The standard InChI is InChI=1S/C14H19BrN2O2/c1-17-7-3-2-4-11(17)9-16-10-5-6-12(14(18)19)13(15)8-10/h5-6,8,11,16H,2-4,7,9H2,1H3,(H,18,19). The van der Waals surface area contributed by atoms with E-state index in [1.165, 1.54) is 19.3 Å². The molecule has 2 N–H and O–H groups in total. The van der Waals surface area contributed by atoms with Gasteiger partial charge < -0.3 is 15.3 Å². The monoisotopic (exact) mass is 326 g/mol. The van der Waals surface area contributed by atoms with E-state index in [4.69, 9.17) is 5.11 Å². The number of piperidine rings is 1. The van der Waals surface area contributed by atoms with Crippen LogP contribution in [0, 0.1) is 0 Å². The van der Waals surface area contributed by atoms with Crippen LogP contribution in [0.4, 0.5) is 5.69 Å². The van der Waals surface area contributed by atoms with Crippen LogP contribution in [-0.2, 0) is 0 Å². The summed E-state index contributed by atoms with van der Waals surface area (Å²) >= 11 is 3.29. The molecule has 0 aromatic heterocycles. The Morgan fingerprint density at radius 2 is 2.32 bits per heavy atom. The second-order valence-corrected chi connectivity index (χ2v) is 5.87. The number of anilines is 1. The first kappa shape index (κ1) is 14.3.